The standard InChI is InChI=1S/C21H33N3O2/c1-2-23-13-15-24(16-14-23)21(11-7-4-8-12-21)18-22-20(25)17-26-19-9-5-3-6-10-19/h3,5-6,9-10H,2,4,7-8,11-18H2,1H3,(H,22,25). The Morgan fingerprint density at radius 3 is 2.42 bits per heavy atom. The average Bonchev–Trinajstić information content (AvgIpc) is 2.72. The van der Waals surface area contributed by atoms with Crippen LogP contribution in [0.15, 0.2) is 30.3 Å². The fourth-order valence-corrected chi connectivity index (χ4v) is 4.33. The number of piperazine rings is 1. The van der Waals surface area contributed by atoms with Crippen molar-refractivity contribution in [3.8, 4) is 5.75 Å². The number of amides is 1. The molecule has 0 radical (unpaired) electrons. The van der Waals surface area contributed by atoms with Gasteiger partial charge >= 0.3 is 0 Å². The minimum Gasteiger partial charge on any atom is -0.484 e. The second-order valence-electron chi connectivity index (χ2n) is 7.58. The maximum atomic E-state index is 12.3. The molecule has 3 rings (SSSR count). The van der Waals surface area contributed by atoms with Crippen molar-refractivity contribution in [3.05, 3.63) is 30.3 Å². The normalized spacial score (nSPS) is 21.3. The van der Waals surface area contributed by atoms with Gasteiger partial charge in [0.25, 0.3) is 5.91 Å². The molecule has 1 aliphatic carbocycles. The summed E-state index contributed by atoms with van der Waals surface area (Å²) in [5.74, 6) is 0.719. The summed E-state index contributed by atoms with van der Waals surface area (Å²) in [6.45, 7) is 8.72. The fraction of sp³-hybridized carbons (Fsp3) is 0.667. The molecule has 1 N–H and O–H groups in total. The summed E-state index contributed by atoms with van der Waals surface area (Å²) in [4.78, 5) is 17.5. The first kappa shape index (κ1) is 19.2. The highest BCUT2D eigenvalue weighted by Crippen LogP contribution is 2.34. The van der Waals surface area contributed by atoms with E-state index in [9.17, 15) is 4.79 Å². The van der Waals surface area contributed by atoms with Crippen LogP contribution in [0, 0.1) is 0 Å². The van der Waals surface area contributed by atoms with E-state index < -0.39 is 0 Å². The summed E-state index contributed by atoms with van der Waals surface area (Å²) >= 11 is 0. The van der Waals surface area contributed by atoms with Gasteiger partial charge in [0, 0.05) is 38.3 Å². The number of likely N-dealkylation sites (N-methyl/N-ethyl adjacent to an activating group) is 1. The van der Waals surface area contributed by atoms with Crippen molar-refractivity contribution in [1.29, 1.82) is 0 Å². The largest absolute Gasteiger partial charge is 0.484 e. The molecular weight excluding hydrogens is 326 g/mol. The molecule has 1 aromatic carbocycles. The zero-order chi connectivity index (χ0) is 18.2. The zero-order valence-corrected chi connectivity index (χ0v) is 16.1. The van der Waals surface area contributed by atoms with Crippen molar-refractivity contribution in [2.24, 2.45) is 0 Å². The third-order valence-electron chi connectivity index (χ3n) is 6.00. The molecule has 1 heterocycles. The van der Waals surface area contributed by atoms with E-state index in [1.807, 2.05) is 30.3 Å². The summed E-state index contributed by atoms with van der Waals surface area (Å²) in [6.07, 6.45) is 6.24. The number of carbonyl (C=O) groups excluding carboxylic acids is 1. The van der Waals surface area contributed by atoms with Gasteiger partial charge in [0.15, 0.2) is 6.61 Å². The van der Waals surface area contributed by atoms with Gasteiger partial charge in [-0.3, -0.25) is 9.69 Å². The van der Waals surface area contributed by atoms with Gasteiger partial charge in [-0.25, -0.2) is 0 Å². The Morgan fingerprint density at radius 2 is 1.77 bits per heavy atom. The molecule has 1 aromatic rings. The van der Waals surface area contributed by atoms with Crippen molar-refractivity contribution in [3.63, 3.8) is 0 Å². The lowest BCUT2D eigenvalue weighted by molar-refractivity contribution is -0.124. The Labute approximate surface area is 157 Å². The van der Waals surface area contributed by atoms with E-state index in [2.05, 4.69) is 22.0 Å². The van der Waals surface area contributed by atoms with Crippen LogP contribution in [0.5, 0.6) is 5.75 Å². The number of ether oxygens (including phenoxy) is 1. The first-order chi connectivity index (χ1) is 12.7. The molecule has 5 nitrogen and oxygen atoms in total. The monoisotopic (exact) mass is 359 g/mol. The predicted octanol–water partition coefficient (Wildman–Crippen LogP) is 2.52. The lowest BCUT2D eigenvalue weighted by Crippen LogP contribution is -2.62. The van der Waals surface area contributed by atoms with Crippen molar-refractivity contribution in [1.82, 2.24) is 15.1 Å². The minimum atomic E-state index is -0.0222. The highest BCUT2D eigenvalue weighted by molar-refractivity contribution is 5.77. The summed E-state index contributed by atoms with van der Waals surface area (Å²) in [7, 11) is 0. The second-order valence-corrected chi connectivity index (χ2v) is 7.58. The highest BCUT2D eigenvalue weighted by Gasteiger charge is 2.39. The second kappa shape index (κ2) is 9.38. The van der Waals surface area contributed by atoms with Gasteiger partial charge in [-0.1, -0.05) is 44.4 Å². The summed E-state index contributed by atoms with van der Waals surface area (Å²) in [6, 6.07) is 9.53. The first-order valence-electron chi connectivity index (χ1n) is 10.1. The van der Waals surface area contributed by atoms with Crippen LogP contribution in [0.25, 0.3) is 0 Å². The molecule has 2 fully saturated rings. The predicted molar refractivity (Wildman–Crippen MR) is 104 cm³/mol. The summed E-state index contributed by atoms with van der Waals surface area (Å²) in [5, 5.41) is 3.17. The topological polar surface area (TPSA) is 44.8 Å². The van der Waals surface area contributed by atoms with Crippen LogP contribution in [0.2, 0.25) is 0 Å². The molecule has 0 atom stereocenters. The van der Waals surface area contributed by atoms with Gasteiger partial charge < -0.3 is 15.0 Å². The summed E-state index contributed by atoms with van der Waals surface area (Å²) in [5.41, 5.74) is 0.139. The van der Waals surface area contributed by atoms with Crippen LogP contribution in [0.3, 0.4) is 0 Å². The fourth-order valence-electron chi connectivity index (χ4n) is 4.33. The molecule has 144 valence electrons. The van der Waals surface area contributed by atoms with Gasteiger partial charge in [-0.05, 0) is 31.5 Å². The van der Waals surface area contributed by atoms with Crippen LogP contribution < -0.4 is 10.1 Å². The first-order valence-corrected chi connectivity index (χ1v) is 10.1. The van der Waals surface area contributed by atoms with Gasteiger partial charge in [0.1, 0.15) is 5.75 Å². The molecule has 0 aromatic heterocycles. The van der Waals surface area contributed by atoms with Crippen LogP contribution in [0.4, 0.5) is 0 Å². The quantitative estimate of drug-likeness (QED) is 0.813. The Hall–Kier alpha value is -1.59. The SMILES string of the molecule is CCN1CCN(C2(CNC(=O)COc3ccccc3)CCCCC2)CC1. The van der Waals surface area contributed by atoms with Gasteiger partial charge in [0.05, 0.1) is 0 Å². The number of nitrogens with one attached hydrogen (secondary N) is 1. The maximum Gasteiger partial charge on any atom is 0.258 e. The Morgan fingerprint density at radius 1 is 1.08 bits per heavy atom. The molecule has 26 heavy (non-hydrogen) atoms. The van der Waals surface area contributed by atoms with Crippen LogP contribution >= 0.6 is 0 Å². The van der Waals surface area contributed by atoms with Crippen molar-refractivity contribution in [2.45, 2.75) is 44.6 Å². The number of hydrogen-bond donors (Lipinski definition) is 1. The smallest absolute Gasteiger partial charge is 0.258 e. The van der Waals surface area contributed by atoms with Crippen LogP contribution in [-0.4, -0.2) is 67.1 Å². The molecule has 0 unspecified atom stereocenters. The van der Waals surface area contributed by atoms with Crippen molar-refractivity contribution < 1.29 is 9.53 Å². The summed E-state index contributed by atoms with van der Waals surface area (Å²) < 4.78 is 5.58. The highest BCUT2D eigenvalue weighted by atomic mass is 16.5. The molecule has 1 amide bonds. The van der Waals surface area contributed by atoms with E-state index in [1.165, 1.54) is 32.1 Å². The van der Waals surface area contributed by atoms with E-state index in [-0.39, 0.29) is 18.1 Å². The average molecular weight is 360 g/mol. The minimum absolute atomic E-state index is 0.0222. The van der Waals surface area contributed by atoms with E-state index in [4.69, 9.17) is 4.74 Å². The van der Waals surface area contributed by atoms with E-state index in [0.717, 1.165) is 45.0 Å². The Balaban J connectivity index is 1.52. The molecule has 0 bridgehead atoms. The molecule has 1 aliphatic heterocycles. The molecule has 1 saturated heterocycles. The van der Waals surface area contributed by atoms with Crippen molar-refractivity contribution in [2.75, 3.05) is 45.9 Å². The number of para-hydroxylation sites is 1. The Bertz CT molecular complexity index is 550. The number of rotatable bonds is 7. The number of benzene rings is 1. The van der Waals surface area contributed by atoms with Crippen LogP contribution in [0.1, 0.15) is 39.0 Å². The number of nitrogens with zero attached hydrogens (tertiary/aromatic N) is 2. The number of hydrogen-bond acceptors (Lipinski definition) is 4. The van der Waals surface area contributed by atoms with E-state index in [1.54, 1.807) is 0 Å². The van der Waals surface area contributed by atoms with Crippen molar-refractivity contribution >= 4 is 5.91 Å². The third-order valence-corrected chi connectivity index (χ3v) is 6.00. The van der Waals surface area contributed by atoms with E-state index >= 15 is 0 Å². The maximum absolute atomic E-state index is 12.3. The van der Waals surface area contributed by atoms with Gasteiger partial charge in [0.2, 0.25) is 0 Å². The molecule has 0 spiro atoms. The molecular formula is C21H33N3O2. The molecule has 5 heteroatoms. The number of carbonyl (C=O) groups is 1. The van der Waals surface area contributed by atoms with Crippen LogP contribution in [-0.2, 0) is 4.79 Å². The van der Waals surface area contributed by atoms with Gasteiger partial charge in [-0.15, -0.1) is 0 Å². The third kappa shape index (κ3) is 4.98. The molecule has 2 aliphatic rings. The zero-order valence-electron chi connectivity index (χ0n) is 16.1. The lowest BCUT2D eigenvalue weighted by Gasteiger charge is -2.50. The Kier molecular flexibility index (Phi) is 6.92. The lowest BCUT2D eigenvalue weighted by atomic mass is 9.79. The molecule has 1 saturated carbocycles. The van der Waals surface area contributed by atoms with E-state index in [0.29, 0.717) is 0 Å². The van der Waals surface area contributed by atoms with Gasteiger partial charge in [-0.2, -0.15) is 0 Å².